The molecule has 36 heavy (non-hydrogen) atoms. The number of rotatable bonds is 11. The van der Waals surface area contributed by atoms with Crippen molar-refractivity contribution in [2.75, 3.05) is 20.3 Å². The number of nitro benzene ring substituents is 1. The molecule has 0 aromatic heterocycles. The molecule has 3 aromatic carbocycles. The summed E-state index contributed by atoms with van der Waals surface area (Å²) in [5.74, 6) is -0.0514. The maximum absolute atomic E-state index is 12.5. The number of nitrogens with one attached hydrogen (secondary N) is 1. The Labute approximate surface area is 206 Å². The molecule has 11 nitrogen and oxygen atoms in total. The maximum atomic E-state index is 12.5. The van der Waals surface area contributed by atoms with Crippen molar-refractivity contribution in [3.05, 3.63) is 88.0 Å². The van der Waals surface area contributed by atoms with E-state index in [1.165, 1.54) is 31.5 Å². The summed E-state index contributed by atoms with van der Waals surface area (Å²) in [7, 11) is 1.53. The molecule has 3 rings (SSSR count). The SMILES string of the molecule is CCOc1cc(/C=N\NC(=O)COc2ccccc2[N+](=O)[O-])ccc1OC(=O)c1ccc(OC)cc1. The number of carbonyl (C=O) groups excluding carboxylic acids is 2. The highest BCUT2D eigenvalue weighted by molar-refractivity contribution is 5.92. The van der Waals surface area contributed by atoms with Gasteiger partial charge < -0.3 is 18.9 Å². The van der Waals surface area contributed by atoms with Gasteiger partial charge in [-0.1, -0.05) is 12.1 Å². The van der Waals surface area contributed by atoms with E-state index in [4.69, 9.17) is 18.9 Å². The van der Waals surface area contributed by atoms with E-state index >= 15 is 0 Å². The molecule has 0 saturated heterocycles. The second-order valence-electron chi connectivity index (χ2n) is 7.06. The van der Waals surface area contributed by atoms with E-state index in [-0.39, 0.29) is 17.2 Å². The molecular formula is C25H23N3O8. The lowest BCUT2D eigenvalue weighted by Gasteiger charge is -2.11. The summed E-state index contributed by atoms with van der Waals surface area (Å²) in [6.45, 7) is 1.65. The number of carbonyl (C=O) groups is 2. The van der Waals surface area contributed by atoms with Crippen molar-refractivity contribution in [2.45, 2.75) is 6.92 Å². The fourth-order valence-corrected chi connectivity index (χ4v) is 2.93. The summed E-state index contributed by atoms with van der Waals surface area (Å²) in [5.41, 5.74) is 2.93. The number of hydrogen-bond acceptors (Lipinski definition) is 9. The third-order valence-corrected chi connectivity index (χ3v) is 4.62. The zero-order chi connectivity index (χ0) is 25.9. The minimum Gasteiger partial charge on any atom is -0.497 e. The molecule has 0 aliphatic heterocycles. The van der Waals surface area contributed by atoms with Crippen LogP contribution in [0.5, 0.6) is 23.0 Å². The van der Waals surface area contributed by atoms with Crippen LogP contribution in [0.25, 0.3) is 0 Å². The Morgan fingerprint density at radius 3 is 2.44 bits per heavy atom. The Morgan fingerprint density at radius 2 is 1.75 bits per heavy atom. The van der Waals surface area contributed by atoms with Gasteiger partial charge >= 0.3 is 11.7 Å². The first kappa shape index (κ1) is 25.7. The summed E-state index contributed by atoms with van der Waals surface area (Å²) in [5, 5.41) is 14.9. The Morgan fingerprint density at radius 1 is 1.00 bits per heavy atom. The van der Waals surface area contributed by atoms with E-state index < -0.39 is 23.4 Å². The van der Waals surface area contributed by atoms with Crippen LogP contribution in [0.1, 0.15) is 22.8 Å². The van der Waals surface area contributed by atoms with Gasteiger partial charge in [-0.05, 0) is 61.0 Å². The third-order valence-electron chi connectivity index (χ3n) is 4.62. The van der Waals surface area contributed by atoms with Crippen LogP contribution in [0.4, 0.5) is 5.69 Å². The molecule has 0 aliphatic carbocycles. The molecule has 3 aromatic rings. The average molecular weight is 493 g/mol. The van der Waals surface area contributed by atoms with Crippen LogP contribution in [0, 0.1) is 10.1 Å². The molecule has 0 atom stereocenters. The van der Waals surface area contributed by atoms with Crippen LogP contribution >= 0.6 is 0 Å². The minimum absolute atomic E-state index is 0.0252. The molecule has 0 fully saturated rings. The second kappa shape index (κ2) is 12.5. The Bertz CT molecular complexity index is 1260. The summed E-state index contributed by atoms with van der Waals surface area (Å²) < 4.78 is 21.3. The van der Waals surface area contributed by atoms with Crippen LogP contribution in [0.3, 0.4) is 0 Å². The Hall–Kier alpha value is -4.93. The molecule has 0 unspecified atom stereocenters. The zero-order valence-corrected chi connectivity index (χ0v) is 19.5. The normalized spacial score (nSPS) is 10.5. The highest BCUT2D eigenvalue weighted by atomic mass is 16.6. The van der Waals surface area contributed by atoms with Gasteiger partial charge in [0.15, 0.2) is 23.9 Å². The molecule has 0 bridgehead atoms. The van der Waals surface area contributed by atoms with Crippen molar-refractivity contribution in [1.29, 1.82) is 0 Å². The van der Waals surface area contributed by atoms with Crippen LogP contribution in [0.15, 0.2) is 71.8 Å². The van der Waals surface area contributed by atoms with E-state index in [2.05, 4.69) is 10.5 Å². The predicted octanol–water partition coefficient (Wildman–Crippen LogP) is 3.75. The van der Waals surface area contributed by atoms with Crippen molar-refractivity contribution in [1.82, 2.24) is 5.43 Å². The summed E-state index contributed by atoms with van der Waals surface area (Å²) in [6, 6.07) is 17.0. The fraction of sp³-hybridized carbons (Fsp3) is 0.160. The van der Waals surface area contributed by atoms with Crippen molar-refractivity contribution in [2.24, 2.45) is 5.10 Å². The van der Waals surface area contributed by atoms with Crippen LogP contribution in [-0.2, 0) is 4.79 Å². The number of ether oxygens (including phenoxy) is 4. The molecule has 0 aliphatic rings. The Kier molecular flexibility index (Phi) is 8.93. The summed E-state index contributed by atoms with van der Waals surface area (Å²) >= 11 is 0. The van der Waals surface area contributed by atoms with Gasteiger partial charge in [0.05, 0.1) is 30.4 Å². The second-order valence-corrected chi connectivity index (χ2v) is 7.06. The van der Waals surface area contributed by atoms with Gasteiger partial charge in [0.1, 0.15) is 5.75 Å². The molecular weight excluding hydrogens is 470 g/mol. The van der Waals surface area contributed by atoms with E-state index in [1.54, 1.807) is 55.5 Å². The summed E-state index contributed by atoms with van der Waals surface area (Å²) in [6.07, 6.45) is 1.36. The van der Waals surface area contributed by atoms with E-state index in [1.807, 2.05) is 0 Å². The smallest absolute Gasteiger partial charge is 0.343 e. The topological polar surface area (TPSA) is 139 Å². The van der Waals surface area contributed by atoms with E-state index in [0.29, 0.717) is 29.2 Å². The van der Waals surface area contributed by atoms with Gasteiger partial charge in [-0.3, -0.25) is 14.9 Å². The van der Waals surface area contributed by atoms with Crippen molar-refractivity contribution in [3.63, 3.8) is 0 Å². The molecule has 1 amide bonds. The first-order chi connectivity index (χ1) is 17.4. The monoisotopic (exact) mass is 493 g/mol. The number of benzene rings is 3. The lowest BCUT2D eigenvalue weighted by molar-refractivity contribution is -0.385. The molecule has 11 heteroatoms. The number of amides is 1. The van der Waals surface area contributed by atoms with Gasteiger partial charge in [0.25, 0.3) is 5.91 Å². The summed E-state index contributed by atoms with van der Waals surface area (Å²) in [4.78, 5) is 34.9. The average Bonchev–Trinajstić information content (AvgIpc) is 2.89. The number of nitrogens with zero attached hydrogens (tertiary/aromatic N) is 2. The van der Waals surface area contributed by atoms with Crippen molar-refractivity contribution >= 4 is 23.8 Å². The van der Waals surface area contributed by atoms with Gasteiger partial charge in [0.2, 0.25) is 0 Å². The molecule has 0 saturated carbocycles. The van der Waals surface area contributed by atoms with Crippen LogP contribution in [0.2, 0.25) is 0 Å². The number of esters is 1. The first-order valence-electron chi connectivity index (χ1n) is 10.7. The highest BCUT2D eigenvalue weighted by Crippen LogP contribution is 2.29. The molecule has 0 radical (unpaired) electrons. The van der Waals surface area contributed by atoms with Crippen LogP contribution < -0.4 is 24.4 Å². The fourth-order valence-electron chi connectivity index (χ4n) is 2.93. The van der Waals surface area contributed by atoms with E-state index in [9.17, 15) is 19.7 Å². The quantitative estimate of drug-likeness (QED) is 0.140. The highest BCUT2D eigenvalue weighted by Gasteiger charge is 2.15. The van der Waals surface area contributed by atoms with Crippen molar-refractivity contribution in [3.8, 4) is 23.0 Å². The zero-order valence-electron chi connectivity index (χ0n) is 19.5. The molecule has 0 spiro atoms. The van der Waals surface area contributed by atoms with Gasteiger partial charge in [-0.15, -0.1) is 0 Å². The maximum Gasteiger partial charge on any atom is 0.343 e. The minimum atomic E-state index is -0.612. The van der Waals surface area contributed by atoms with Gasteiger partial charge in [-0.25, -0.2) is 10.2 Å². The number of hydrazone groups is 1. The number of hydrogen-bond donors (Lipinski definition) is 1. The van der Waals surface area contributed by atoms with Gasteiger partial charge in [0, 0.05) is 6.07 Å². The third kappa shape index (κ3) is 7.03. The Balaban J connectivity index is 1.60. The largest absolute Gasteiger partial charge is 0.497 e. The number of nitro groups is 1. The van der Waals surface area contributed by atoms with Crippen LogP contribution in [-0.4, -0.2) is 43.3 Å². The van der Waals surface area contributed by atoms with Crippen molar-refractivity contribution < 1.29 is 33.5 Å². The molecule has 0 heterocycles. The lowest BCUT2D eigenvalue weighted by Crippen LogP contribution is -2.24. The molecule has 1 N–H and O–H groups in total. The standard InChI is InChI=1S/C25H23N3O8/c1-3-34-23-14-17(8-13-22(23)36-25(30)18-9-11-19(33-2)12-10-18)15-26-27-24(29)16-35-21-7-5-4-6-20(21)28(31)32/h4-15H,3,16H2,1-2H3,(H,27,29)/b26-15-. The first-order valence-corrected chi connectivity index (χ1v) is 10.7. The van der Waals surface area contributed by atoms with Gasteiger partial charge in [-0.2, -0.15) is 5.10 Å². The number of methoxy groups -OCH3 is 1. The number of para-hydroxylation sites is 2. The predicted molar refractivity (Wildman–Crippen MR) is 130 cm³/mol. The lowest BCUT2D eigenvalue weighted by atomic mass is 10.2. The van der Waals surface area contributed by atoms with E-state index in [0.717, 1.165) is 0 Å². The molecule has 186 valence electrons.